The van der Waals surface area contributed by atoms with Crippen LogP contribution >= 0.6 is 0 Å². The second-order valence-corrected chi connectivity index (χ2v) is 14.1. The molecule has 1 heterocycles. The van der Waals surface area contributed by atoms with Crippen molar-refractivity contribution in [3.63, 3.8) is 0 Å². The van der Waals surface area contributed by atoms with Crippen molar-refractivity contribution in [2.24, 2.45) is 17.8 Å². The molecule has 0 fully saturated rings. The molecule has 1 aliphatic rings. The maximum atomic E-state index is 12.6. The lowest BCUT2D eigenvalue weighted by Gasteiger charge is -2.38. The minimum atomic E-state index is -0.412. The Morgan fingerprint density at radius 3 is 2.14 bits per heavy atom. The number of rotatable bonds is 20. The predicted octanol–water partition coefficient (Wildman–Crippen LogP) is 8.92. The summed E-state index contributed by atoms with van der Waals surface area (Å²) in [6.45, 7) is 18.2. The van der Waals surface area contributed by atoms with Crippen molar-refractivity contribution in [2.45, 2.75) is 157 Å². The summed E-state index contributed by atoms with van der Waals surface area (Å²) in [5, 5.41) is 2.74. The SMILES string of the molecule is Cc1c(C)c2c(c(C)c1OC(=O)CCC(=O)NCCCC=O)CC[C@@](C)(CCC[C@H](C)CCC[C@H](C)CCCC(C)C)O2. The zero-order chi connectivity index (χ0) is 32.0. The van der Waals surface area contributed by atoms with Crippen LogP contribution in [0.4, 0.5) is 0 Å². The van der Waals surface area contributed by atoms with E-state index in [1.54, 1.807) is 0 Å². The van der Waals surface area contributed by atoms with E-state index < -0.39 is 5.97 Å². The Morgan fingerprint density at radius 2 is 1.51 bits per heavy atom. The van der Waals surface area contributed by atoms with Crippen LogP contribution in [0.15, 0.2) is 0 Å². The van der Waals surface area contributed by atoms with Crippen LogP contribution in [0.2, 0.25) is 0 Å². The highest BCUT2D eigenvalue weighted by Crippen LogP contribution is 2.45. The number of benzene rings is 1. The number of unbranched alkanes of at least 4 members (excludes halogenated alkanes) is 1. The molecule has 244 valence electrons. The maximum Gasteiger partial charge on any atom is 0.311 e. The first kappa shape index (κ1) is 36.8. The molecule has 0 spiro atoms. The van der Waals surface area contributed by atoms with Gasteiger partial charge in [-0.1, -0.05) is 72.6 Å². The van der Waals surface area contributed by atoms with Crippen LogP contribution < -0.4 is 14.8 Å². The highest BCUT2D eigenvalue weighted by atomic mass is 16.5. The van der Waals surface area contributed by atoms with E-state index in [1.807, 2.05) is 13.8 Å². The highest BCUT2D eigenvalue weighted by molar-refractivity contribution is 5.82. The third-order valence-electron chi connectivity index (χ3n) is 9.43. The molecule has 6 nitrogen and oxygen atoms in total. The van der Waals surface area contributed by atoms with Crippen LogP contribution in [0.25, 0.3) is 0 Å². The second kappa shape index (κ2) is 18.4. The summed E-state index contributed by atoms with van der Waals surface area (Å²) in [7, 11) is 0. The lowest BCUT2D eigenvalue weighted by Crippen LogP contribution is -2.37. The second-order valence-electron chi connectivity index (χ2n) is 14.1. The van der Waals surface area contributed by atoms with Gasteiger partial charge in [0.25, 0.3) is 0 Å². The minimum Gasteiger partial charge on any atom is -0.487 e. The summed E-state index contributed by atoms with van der Waals surface area (Å²) in [6.07, 6.45) is 15.4. The van der Waals surface area contributed by atoms with Gasteiger partial charge in [0.15, 0.2) is 0 Å². The third kappa shape index (κ3) is 12.6. The monoisotopic (exact) mass is 599 g/mol. The Bertz CT molecular complexity index is 1050. The van der Waals surface area contributed by atoms with Crippen LogP contribution in [-0.2, 0) is 20.8 Å². The quantitative estimate of drug-likeness (QED) is 0.0700. The van der Waals surface area contributed by atoms with E-state index in [9.17, 15) is 14.4 Å². The van der Waals surface area contributed by atoms with E-state index in [2.05, 4.69) is 46.9 Å². The fraction of sp³-hybridized carbons (Fsp3) is 0.757. The molecule has 1 N–H and O–H groups in total. The van der Waals surface area contributed by atoms with Crippen LogP contribution in [0.5, 0.6) is 11.5 Å². The van der Waals surface area contributed by atoms with Gasteiger partial charge in [0.05, 0.1) is 6.42 Å². The van der Waals surface area contributed by atoms with E-state index in [4.69, 9.17) is 9.47 Å². The molecule has 0 radical (unpaired) electrons. The number of amides is 1. The molecule has 6 heteroatoms. The van der Waals surface area contributed by atoms with Crippen molar-refractivity contribution >= 4 is 18.2 Å². The number of carbonyl (C=O) groups is 3. The number of aldehydes is 1. The number of hydrogen-bond acceptors (Lipinski definition) is 5. The average Bonchev–Trinajstić information content (AvgIpc) is 2.95. The van der Waals surface area contributed by atoms with Gasteiger partial charge < -0.3 is 19.6 Å². The summed E-state index contributed by atoms with van der Waals surface area (Å²) < 4.78 is 12.6. The summed E-state index contributed by atoms with van der Waals surface area (Å²) in [5.74, 6) is 3.35. The Morgan fingerprint density at radius 1 is 0.884 bits per heavy atom. The first-order valence-corrected chi connectivity index (χ1v) is 17.1. The highest BCUT2D eigenvalue weighted by Gasteiger charge is 2.34. The van der Waals surface area contributed by atoms with Crippen molar-refractivity contribution in [3.8, 4) is 11.5 Å². The maximum absolute atomic E-state index is 12.6. The van der Waals surface area contributed by atoms with Crippen LogP contribution in [0, 0.1) is 38.5 Å². The number of carbonyl (C=O) groups excluding carboxylic acids is 3. The van der Waals surface area contributed by atoms with Gasteiger partial charge in [-0.2, -0.15) is 0 Å². The van der Waals surface area contributed by atoms with Crippen LogP contribution in [0.3, 0.4) is 0 Å². The van der Waals surface area contributed by atoms with E-state index >= 15 is 0 Å². The molecule has 0 saturated carbocycles. The van der Waals surface area contributed by atoms with E-state index in [0.29, 0.717) is 25.1 Å². The van der Waals surface area contributed by atoms with Gasteiger partial charge in [0.1, 0.15) is 23.4 Å². The molecule has 1 aromatic carbocycles. The standard InChI is InChI=1S/C37H61NO5/c1-26(2)14-11-15-27(3)16-12-17-28(4)18-13-22-37(8)23-21-32-31(7)35(29(5)30(6)36(32)43-37)42-34(41)20-19-33(40)38-24-9-10-25-39/h25-28H,9-24H2,1-8H3,(H,38,40)/t27-,28-,37-/m1/s1. The van der Waals surface area contributed by atoms with Crippen molar-refractivity contribution in [2.75, 3.05) is 6.54 Å². The molecule has 0 unspecified atom stereocenters. The zero-order valence-corrected chi connectivity index (χ0v) is 28.7. The number of esters is 1. The van der Waals surface area contributed by atoms with E-state index in [1.165, 1.54) is 51.4 Å². The summed E-state index contributed by atoms with van der Waals surface area (Å²) in [6, 6.07) is 0. The molecule has 3 atom stereocenters. The fourth-order valence-electron chi connectivity index (χ4n) is 6.30. The first-order chi connectivity index (χ1) is 20.4. The largest absolute Gasteiger partial charge is 0.487 e. The van der Waals surface area contributed by atoms with Crippen molar-refractivity contribution in [1.82, 2.24) is 5.32 Å². The first-order valence-electron chi connectivity index (χ1n) is 17.1. The Labute approximate surface area is 262 Å². The summed E-state index contributed by atoms with van der Waals surface area (Å²) in [5.41, 5.74) is 3.85. The zero-order valence-electron chi connectivity index (χ0n) is 28.7. The molecule has 0 saturated heterocycles. The Kier molecular flexibility index (Phi) is 15.8. The molecular formula is C37H61NO5. The average molecular weight is 600 g/mol. The topological polar surface area (TPSA) is 81.7 Å². The van der Waals surface area contributed by atoms with Crippen molar-refractivity contribution in [3.05, 3.63) is 22.3 Å². The molecule has 0 aliphatic carbocycles. The van der Waals surface area contributed by atoms with Gasteiger partial charge in [0.2, 0.25) is 5.91 Å². The molecule has 2 rings (SSSR count). The van der Waals surface area contributed by atoms with E-state index in [0.717, 1.165) is 71.3 Å². The van der Waals surface area contributed by atoms with Crippen molar-refractivity contribution in [1.29, 1.82) is 0 Å². The van der Waals surface area contributed by atoms with Gasteiger partial charge in [0, 0.05) is 24.9 Å². The Hall–Kier alpha value is -2.37. The number of ether oxygens (including phenoxy) is 2. The molecule has 1 aromatic rings. The summed E-state index contributed by atoms with van der Waals surface area (Å²) in [4.78, 5) is 35.0. The number of nitrogens with one attached hydrogen (secondary N) is 1. The predicted molar refractivity (Wildman–Crippen MR) is 176 cm³/mol. The Balaban J connectivity index is 1.85. The minimum absolute atomic E-state index is 0.0127. The van der Waals surface area contributed by atoms with Gasteiger partial charge in [-0.15, -0.1) is 0 Å². The number of fused-ring (bicyclic) bond motifs is 1. The summed E-state index contributed by atoms with van der Waals surface area (Å²) >= 11 is 0. The number of hydrogen-bond donors (Lipinski definition) is 1. The smallest absolute Gasteiger partial charge is 0.311 e. The molecule has 0 bridgehead atoms. The lowest BCUT2D eigenvalue weighted by atomic mass is 9.83. The fourth-order valence-corrected chi connectivity index (χ4v) is 6.30. The molecule has 0 aromatic heterocycles. The third-order valence-corrected chi connectivity index (χ3v) is 9.43. The molecule has 43 heavy (non-hydrogen) atoms. The van der Waals surface area contributed by atoms with Gasteiger partial charge in [-0.3, -0.25) is 9.59 Å². The van der Waals surface area contributed by atoms with E-state index in [-0.39, 0.29) is 24.3 Å². The van der Waals surface area contributed by atoms with Crippen LogP contribution in [0.1, 0.15) is 147 Å². The van der Waals surface area contributed by atoms with Gasteiger partial charge in [-0.25, -0.2) is 0 Å². The van der Waals surface area contributed by atoms with Crippen LogP contribution in [-0.4, -0.2) is 30.3 Å². The van der Waals surface area contributed by atoms with Gasteiger partial charge in [-0.05, 0) is 94.2 Å². The molecule has 1 aliphatic heterocycles. The lowest BCUT2D eigenvalue weighted by molar-refractivity contribution is -0.136. The normalized spacial score (nSPS) is 17.6. The molecule has 1 amide bonds. The van der Waals surface area contributed by atoms with Crippen molar-refractivity contribution < 1.29 is 23.9 Å². The molecular weight excluding hydrogens is 538 g/mol. The van der Waals surface area contributed by atoms with Gasteiger partial charge >= 0.3 is 5.97 Å².